The average Bonchev–Trinajstić information content (AvgIpc) is 2.56. The van der Waals surface area contributed by atoms with Crippen molar-refractivity contribution in [3.05, 3.63) is 53.1 Å². The Balaban J connectivity index is 1.94. The molecule has 0 amide bonds. The van der Waals surface area contributed by atoms with E-state index in [1.807, 2.05) is 36.4 Å². The molecule has 1 aliphatic rings. The van der Waals surface area contributed by atoms with Gasteiger partial charge in [0.25, 0.3) is 5.56 Å². The van der Waals surface area contributed by atoms with Crippen LogP contribution in [-0.4, -0.2) is 20.8 Å². The van der Waals surface area contributed by atoms with Crippen molar-refractivity contribution in [1.82, 2.24) is 9.55 Å². The predicted molar refractivity (Wildman–Crippen MR) is 87.0 cm³/mol. The molecular formula is C18H18N2O2. The zero-order chi connectivity index (χ0) is 15.1. The number of rotatable bonds is 1. The molecule has 1 fully saturated rings. The summed E-state index contributed by atoms with van der Waals surface area (Å²) in [5, 5.41) is 12.9. The summed E-state index contributed by atoms with van der Waals surface area (Å²) in [4.78, 5) is 17.4. The third kappa shape index (κ3) is 2.03. The summed E-state index contributed by atoms with van der Waals surface area (Å²) in [6.45, 7) is 0. The minimum Gasteiger partial charge on any atom is -0.391 e. The summed E-state index contributed by atoms with van der Waals surface area (Å²) < 4.78 is 1.63. The lowest BCUT2D eigenvalue weighted by atomic mass is 9.92. The van der Waals surface area contributed by atoms with Gasteiger partial charge in [-0.1, -0.05) is 43.2 Å². The first-order chi connectivity index (χ1) is 10.8. The van der Waals surface area contributed by atoms with Gasteiger partial charge in [0.1, 0.15) is 0 Å². The van der Waals surface area contributed by atoms with Crippen LogP contribution in [0, 0.1) is 0 Å². The lowest BCUT2D eigenvalue weighted by molar-refractivity contribution is 0.0735. The second-order valence-corrected chi connectivity index (χ2v) is 6.06. The molecule has 0 spiro atoms. The number of aliphatic hydroxyl groups is 1. The first kappa shape index (κ1) is 13.5. The molecule has 1 aliphatic carbocycles. The number of hydrogen-bond donors (Lipinski definition) is 1. The van der Waals surface area contributed by atoms with Crippen LogP contribution in [0.1, 0.15) is 31.7 Å². The third-order valence-electron chi connectivity index (χ3n) is 4.73. The molecule has 0 saturated heterocycles. The molecule has 0 aliphatic heterocycles. The van der Waals surface area contributed by atoms with Crippen molar-refractivity contribution in [2.24, 2.45) is 0 Å². The molecule has 22 heavy (non-hydrogen) atoms. The fourth-order valence-corrected chi connectivity index (χ4v) is 3.53. The van der Waals surface area contributed by atoms with E-state index in [0.29, 0.717) is 5.39 Å². The Morgan fingerprint density at radius 3 is 2.73 bits per heavy atom. The number of fused-ring (bicyclic) bond motifs is 3. The molecule has 4 heteroatoms. The Hall–Kier alpha value is -2.20. The monoisotopic (exact) mass is 294 g/mol. The van der Waals surface area contributed by atoms with Gasteiger partial charge in [0.05, 0.1) is 29.4 Å². The molecule has 2 aromatic carbocycles. The van der Waals surface area contributed by atoms with Gasteiger partial charge in [-0.3, -0.25) is 9.36 Å². The summed E-state index contributed by atoms with van der Waals surface area (Å²) in [6, 6.07) is 11.6. The molecule has 0 bridgehead atoms. The van der Waals surface area contributed by atoms with Crippen molar-refractivity contribution in [3.8, 4) is 0 Å². The van der Waals surface area contributed by atoms with Gasteiger partial charge in [-0.25, -0.2) is 4.98 Å². The van der Waals surface area contributed by atoms with Crippen molar-refractivity contribution in [3.63, 3.8) is 0 Å². The van der Waals surface area contributed by atoms with E-state index in [0.717, 1.165) is 42.0 Å². The van der Waals surface area contributed by atoms with Gasteiger partial charge < -0.3 is 5.11 Å². The molecule has 3 aromatic rings. The van der Waals surface area contributed by atoms with Gasteiger partial charge in [-0.15, -0.1) is 0 Å². The van der Waals surface area contributed by atoms with Gasteiger partial charge in [0, 0.05) is 5.39 Å². The minimum atomic E-state index is -0.453. The lowest BCUT2D eigenvalue weighted by Gasteiger charge is -2.29. The summed E-state index contributed by atoms with van der Waals surface area (Å²) in [6.07, 6.45) is 4.82. The third-order valence-corrected chi connectivity index (χ3v) is 4.73. The molecule has 4 rings (SSSR count). The van der Waals surface area contributed by atoms with Crippen LogP contribution in [0.5, 0.6) is 0 Å². The van der Waals surface area contributed by atoms with E-state index in [1.54, 1.807) is 10.9 Å². The molecule has 1 aromatic heterocycles. The summed E-state index contributed by atoms with van der Waals surface area (Å²) >= 11 is 0. The van der Waals surface area contributed by atoms with E-state index in [9.17, 15) is 9.90 Å². The maximum Gasteiger partial charge on any atom is 0.261 e. The number of aromatic nitrogens is 2. The first-order valence-electron chi connectivity index (χ1n) is 7.82. The van der Waals surface area contributed by atoms with E-state index < -0.39 is 6.10 Å². The lowest BCUT2D eigenvalue weighted by Crippen LogP contribution is -2.34. The molecular weight excluding hydrogens is 276 g/mol. The Kier molecular flexibility index (Phi) is 3.19. The molecule has 2 atom stereocenters. The molecule has 112 valence electrons. The van der Waals surface area contributed by atoms with Gasteiger partial charge in [0.15, 0.2) is 0 Å². The second-order valence-electron chi connectivity index (χ2n) is 6.06. The van der Waals surface area contributed by atoms with Gasteiger partial charge in [-0.05, 0) is 24.3 Å². The van der Waals surface area contributed by atoms with Crippen LogP contribution < -0.4 is 5.56 Å². The Morgan fingerprint density at radius 2 is 1.86 bits per heavy atom. The average molecular weight is 294 g/mol. The summed E-state index contributed by atoms with van der Waals surface area (Å²) in [7, 11) is 0. The van der Waals surface area contributed by atoms with E-state index in [1.165, 1.54) is 0 Å². The zero-order valence-electron chi connectivity index (χ0n) is 12.3. The van der Waals surface area contributed by atoms with Gasteiger partial charge >= 0.3 is 0 Å². The molecule has 1 heterocycles. The van der Waals surface area contributed by atoms with Crippen LogP contribution in [0.15, 0.2) is 47.5 Å². The van der Waals surface area contributed by atoms with Crippen molar-refractivity contribution in [2.45, 2.75) is 37.8 Å². The quantitative estimate of drug-likeness (QED) is 0.702. The van der Waals surface area contributed by atoms with Crippen LogP contribution in [0.4, 0.5) is 0 Å². The fourth-order valence-electron chi connectivity index (χ4n) is 3.53. The predicted octanol–water partition coefficient (Wildman–Crippen LogP) is 3.03. The summed E-state index contributed by atoms with van der Waals surface area (Å²) in [5.41, 5.74) is 0.686. The van der Waals surface area contributed by atoms with E-state index >= 15 is 0 Å². The largest absolute Gasteiger partial charge is 0.391 e. The highest BCUT2D eigenvalue weighted by Gasteiger charge is 2.26. The van der Waals surface area contributed by atoms with Crippen LogP contribution in [0.2, 0.25) is 0 Å². The smallest absolute Gasteiger partial charge is 0.261 e. The van der Waals surface area contributed by atoms with Crippen LogP contribution in [-0.2, 0) is 0 Å². The minimum absolute atomic E-state index is 0.0540. The Bertz CT molecular complexity index is 900. The van der Waals surface area contributed by atoms with Crippen LogP contribution >= 0.6 is 0 Å². The summed E-state index contributed by atoms with van der Waals surface area (Å²) in [5.74, 6) is 0. The molecule has 0 radical (unpaired) electrons. The van der Waals surface area contributed by atoms with E-state index in [2.05, 4.69) is 4.98 Å². The maximum absolute atomic E-state index is 12.8. The zero-order valence-corrected chi connectivity index (χ0v) is 12.3. The normalized spacial score (nSPS) is 22.2. The van der Waals surface area contributed by atoms with Gasteiger partial charge in [0.2, 0.25) is 0 Å². The number of nitrogens with zero attached hydrogens (tertiary/aromatic N) is 2. The van der Waals surface area contributed by atoms with Crippen LogP contribution in [0.3, 0.4) is 0 Å². The highest BCUT2D eigenvalue weighted by molar-refractivity contribution is 6.04. The topological polar surface area (TPSA) is 55.1 Å². The van der Waals surface area contributed by atoms with Gasteiger partial charge in [-0.2, -0.15) is 0 Å². The highest BCUT2D eigenvalue weighted by Crippen LogP contribution is 2.28. The van der Waals surface area contributed by atoms with E-state index in [4.69, 9.17) is 0 Å². The standard InChI is InChI=1S/C18H18N2O2/c21-16-8-4-3-7-15(16)20-11-19-17-13-6-2-1-5-12(13)9-10-14(17)18(20)22/h1-2,5-6,9-11,15-16,21H,3-4,7-8H2/t15-,16-/m0/s1. The second kappa shape index (κ2) is 5.21. The Morgan fingerprint density at radius 1 is 1.05 bits per heavy atom. The van der Waals surface area contributed by atoms with Crippen molar-refractivity contribution in [1.29, 1.82) is 0 Å². The van der Waals surface area contributed by atoms with Crippen molar-refractivity contribution in [2.75, 3.05) is 0 Å². The number of benzene rings is 2. The molecule has 1 N–H and O–H groups in total. The van der Waals surface area contributed by atoms with Crippen LogP contribution in [0.25, 0.3) is 21.7 Å². The first-order valence-corrected chi connectivity index (χ1v) is 7.82. The fraction of sp³-hybridized carbons (Fsp3) is 0.333. The van der Waals surface area contributed by atoms with Crippen molar-refractivity contribution >= 4 is 21.7 Å². The molecule has 4 nitrogen and oxygen atoms in total. The molecule has 1 saturated carbocycles. The number of aliphatic hydroxyl groups excluding tert-OH is 1. The molecule has 0 unspecified atom stereocenters. The number of hydrogen-bond acceptors (Lipinski definition) is 3. The van der Waals surface area contributed by atoms with Crippen molar-refractivity contribution < 1.29 is 5.11 Å². The Labute approximate surface area is 128 Å². The SMILES string of the molecule is O=c1c2ccc3ccccc3c2ncn1[C@H]1CCCC[C@@H]1O. The van der Waals surface area contributed by atoms with E-state index in [-0.39, 0.29) is 11.6 Å². The highest BCUT2D eigenvalue weighted by atomic mass is 16.3. The maximum atomic E-state index is 12.8.